The second kappa shape index (κ2) is 6.89. The standard InChI is InChI=1S/C13H11Cl2N3O2S/c1-7(18-20)11-6-21-13(16-11)17-12(19)5-8-2-3-9(14)10(15)4-8/h2-4,6,20H,5H2,1H3,(H,16,17,19). The lowest BCUT2D eigenvalue weighted by molar-refractivity contribution is -0.115. The fourth-order valence-corrected chi connectivity index (χ4v) is 2.64. The average Bonchev–Trinajstić information content (AvgIpc) is 2.90. The fraction of sp³-hybridized carbons (Fsp3) is 0.154. The summed E-state index contributed by atoms with van der Waals surface area (Å²) in [5.41, 5.74) is 1.66. The minimum Gasteiger partial charge on any atom is -0.411 e. The van der Waals surface area contributed by atoms with Crippen LogP contribution in [0.15, 0.2) is 28.7 Å². The van der Waals surface area contributed by atoms with Crippen LogP contribution in [0, 0.1) is 0 Å². The smallest absolute Gasteiger partial charge is 0.230 e. The Kier molecular flexibility index (Phi) is 5.17. The van der Waals surface area contributed by atoms with Gasteiger partial charge in [0.2, 0.25) is 5.91 Å². The maximum absolute atomic E-state index is 11.9. The van der Waals surface area contributed by atoms with Crippen LogP contribution in [0.5, 0.6) is 0 Å². The molecule has 0 atom stereocenters. The molecule has 21 heavy (non-hydrogen) atoms. The minimum atomic E-state index is -0.215. The van der Waals surface area contributed by atoms with Crippen molar-refractivity contribution in [3.63, 3.8) is 0 Å². The van der Waals surface area contributed by atoms with Crippen LogP contribution < -0.4 is 5.32 Å². The topological polar surface area (TPSA) is 74.6 Å². The van der Waals surface area contributed by atoms with E-state index in [9.17, 15) is 4.79 Å². The largest absolute Gasteiger partial charge is 0.411 e. The summed E-state index contributed by atoms with van der Waals surface area (Å²) in [4.78, 5) is 16.1. The molecule has 0 unspecified atom stereocenters. The predicted molar refractivity (Wildman–Crippen MR) is 84.9 cm³/mol. The summed E-state index contributed by atoms with van der Waals surface area (Å²) >= 11 is 13.0. The van der Waals surface area contributed by atoms with Crippen LogP contribution in [0.4, 0.5) is 5.13 Å². The first-order chi connectivity index (χ1) is 9.99. The van der Waals surface area contributed by atoms with E-state index < -0.39 is 0 Å². The monoisotopic (exact) mass is 343 g/mol. The lowest BCUT2D eigenvalue weighted by Gasteiger charge is -2.03. The van der Waals surface area contributed by atoms with Crippen LogP contribution >= 0.6 is 34.5 Å². The second-order valence-corrected chi connectivity index (χ2v) is 5.87. The first-order valence-corrected chi connectivity index (χ1v) is 7.51. The van der Waals surface area contributed by atoms with Crippen LogP contribution in [0.2, 0.25) is 10.0 Å². The molecule has 0 saturated heterocycles. The number of anilines is 1. The molecule has 110 valence electrons. The Bertz CT molecular complexity index is 700. The number of oxime groups is 1. The van der Waals surface area contributed by atoms with Gasteiger partial charge in [0, 0.05) is 5.38 Å². The normalized spacial score (nSPS) is 11.5. The Morgan fingerprint density at radius 3 is 2.86 bits per heavy atom. The van der Waals surface area contributed by atoms with Gasteiger partial charge in [-0.15, -0.1) is 11.3 Å². The van der Waals surface area contributed by atoms with Crippen molar-refractivity contribution in [3.8, 4) is 0 Å². The van der Waals surface area contributed by atoms with Gasteiger partial charge in [-0.2, -0.15) is 0 Å². The molecule has 1 amide bonds. The van der Waals surface area contributed by atoms with E-state index in [1.165, 1.54) is 11.3 Å². The highest BCUT2D eigenvalue weighted by Gasteiger charge is 2.10. The van der Waals surface area contributed by atoms with E-state index in [0.29, 0.717) is 26.6 Å². The van der Waals surface area contributed by atoms with E-state index in [1.54, 1.807) is 30.5 Å². The molecule has 0 radical (unpaired) electrons. The number of benzene rings is 1. The summed E-state index contributed by atoms with van der Waals surface area (Å²) in [6, 6.07) is 5.04. The molecule has 0 fully saturated rings. The zero-order valence-corrected chi connectivity index (χ0v) is 13.3. The van der Waals surface area contributed by atoms with Gasteiger partial charge in [0.25, 0.3) is 0 Å². The van der Waals surface area contributed by atoms with Crippen molar-refractivity contribution in [2.24, 2.45) is 5.16 Å². The third kappa shape index (κ3) is 4.17. The van der Waals surface area contributed by atoms with Gasteiger partial charge in [-0.1, -0.05) is 34.4 Å². The summed E-state index contributed by atoms with van der Waals surface area (Å²) in [5, 5.41) is 17.4. The van der Waals surface area contributed by atoms with Crippen LogP contribution in [0.1, 0.15) is 18.2 Å². The zero-order valence-electron chi connectivity index (χ0n) is 10.9. The second-order valence-electron chi connectivity index (χ2n) is 4.20. The van der Waals surface area contributed by atoms with Crippen LogP contribution in [0.3, 0.4) is 0 Å². The number of halogens is 2. The van der Waals surface area contributed by atoms with E-state index >= 15 is 0 Å². The number of hydrogen-bond donors (Lipinski definition) is 2. The summed E-state index contributed by atoms with van der Waals surface area (Å²) < 4.78 is 0. The lowest BCUT2D eigenvalue weighted by atomic mass is 10.1. The zero-order chi connectivity index (χ0) is 15.4. The van der Waals surface area contributed by atoms with Gasteiger partial charge in [0.15, 0.2) is 5.13 Å². The molecule has 1 aromatic heterocycles. The van der Waals surface area contributed by atoms with E-state index in [0.717, 1.165) is 5.56 Å². The molecule has 1 heterocycles. The molecule has 2 rings (SSSR count). The number of nitrogens with one attached hydrogen (secondary N) is 1. The SMILES string of the molecule is CC(=NO)c1csc(NC(=O)Cc2ccc(Cl)c(Cl)c2)n1. The number of amides is 1. The Morgan fingerprint density at radius 2 is 2.19 bits per heavy atom. The summed E-state index contributed by atoms with van der Waals surface area (Å²) in [5.74, 6) is -0.215. The number of carbonyl (C=O) groups is 1. The molecule has 2 N–H and O–H groups in total. The molecule has 0 bridgehead atoms. The summed E-state index contributed by atoms with van der Waals surface area (Å²) in [6.45, 7) is 1.62. The first kappa shape index (κ1) is 15.8. The van der Waals surface area contributed by atoms with E-state index in [2.05, 4.69) is 15.5 Å². The minimum absolute atomic E-state index is 0.166. The maximum Gasteiger partial charge on any atom is 0.230 e. The maximum atomic E-state index is 11.9. The third-order valence-corrected chi connectivity index (χ3v) is 4.12. The fourth-order valence-electron chi connectivity index (χ4n) is 1.55. The molecule has 2 aromatic rings. The highest BCUT2D eigenvalue weighted by atomic mass is 35.5. The van der Waals surface area contributed by atoms with Gasteiger partial charge in [-0.25, -0.2) is 4.98 Å². The number of thiazole rings is 1. The molecule has 0 saturated carbocycles. The first-order valence-electron chi connectivity index (χ1n) is 5.88. The van der Waals surface area contributed by atoms with Crippen molar-refractivity contribution in [3.05, 3.63) is 44.9 Å². The van der Waals surface area contributed by atoms with Gasteiger partial charge >= 0.3 is 0 Å². The van der Waals surface area contributed by atoms with E-state index in [-0.39, 0.29) is 12.3 Å². The van der Waals surface area contributed by atoms with Crippen molar-refractivity contribution in [2.75, 3.05) is 5.32 Å². The van der Waals surface area contributed by atoms with E-state index in [4.69, 9.17) is 28.4 Å². The molecule has 1 aromatic carbocycles. The predicted octanol–water partition coefficient (Wildman–Crippen LogP) is 3.83. The average molecular weight is 344 g/mol. The molecule has 0 aliphatic carbocycles. The molecular formula is C13H11Cl2N3O2S. The van der Waals surface area contributed by atoms with Crippen LogP contribution in [-0.4, -0.2) is 21.8 Å². The third-order valence-electron chi connectivity index (χ3n) is 2.62. The van der Waals surface area contributed by atoms with Crippen molar-refractivity contribution in [1.29, 1.82) is 0 Å². The number of aromatic nitrogens is 1. The van der Waals surface area contributed by atoms with Crippen molar-refractivity contribution >= 4 is 51.3 Å². The van der Waals surface area contributed by atoms with Crippen molar-refractivity contribution < 1.29 is 10.0 Å². The Hall–Kier alpha value is -1.63. The van der Waals surface area contributed by atoms with Crippen molar-refractivity contribution in [1.82, 2.24) is 4.98 Å². The van der Waals surface area contributed by atoms with Gasteiger partial charge in [0.05, 0.1) is 16.5 Å². The molecule has 5 nitrogen and oxygen atoms in total. The molecule has 8 heteroatoms. The number of nitrogens with zero attached hydrogens (tertiary/aromatic N) is 2. The highest BCUT2D eigenvalue weighted by molar-refractivity contribution is 7.14. The Morgan fingerprint density at radius 1 is 1.43 bits per heavy atom. The van der Waals surface area contributed by atoms with E-state index in [1.807, 2.05) is 0 Å². The highest BCUT2D eigenvalue weighted by Crippen LogP contribution is 2.23. The lowest BCUT2D eigenvalue weighted by Crippen LogP contribution is -2.14. The molecular weight excluding hydrogens is 333 g/mol. The quantitative estimate of drug-likeness (QED) is 0.503. The Labute approximate surface area is 135 Å². The Balaban J connectivity index is 2.01. The molecule has 0 spiro atoms. The van der Waals surface area contributed by atoms with Crippen LogP contribution in [0.25, 0.3) is 0 Å². The summed E-state index contributed by atoms with van der Waals surface area (Å²) in [7, 11) is 0. The summed E-state index contributed by atoms with van der Waals surface area (Å²) in [6.07, 6.45) is 0.166. The molecule has 0 aliphatic rings. The number of rotatable bonds is 4. The van der Waals surface area contributed by atoms with Gasteiger partial charge in [0.1, 0.15) is 11.4 Å². The van der Waals surface area contributed by atoms with Crippen LogP contribution in [-0.2, 0) is 11.2 Å². The molecule has 0 aliphatic heterocycles. The van der Waals surface area contributed by atoms with Gasteiger partial charge in [-0.05, 0) is 24.6 Å². The van der Waals surface area contributed by atoms with Gasteiger partial charge in [-0.3, -0.25) is 4.79 Å². The van der Waals surface area contributed by atoms with Crippen molar-refractivity contribution in [2.45, 2.75) is 13.3 Å². The number of carbonyl (C=O) groups excluding carboxylic acids is 1. The van der Waals surface area contributed by atoms with Gasteiger partial charge < -0.3 is 10.5 Å². The number of hydrogen-bond acceptors (Lipinski definition) is 5.